The first-order valence-electron chi connectivity index (χ1n) is 5.62. The molecule has 2 rings (SSSR count). The monoisotopic (exact) mass is 242 g/mol. The highest BCUT2D eigenvalue weighted by molar-refractivity contribution is 6.00. The van der Waals surface area contributed by atoms with E-state index in [0.717, 1.165) is 5.56 Å². The van der Waals surface area contributed by atoms with E-state index in [1.165, 1.54) is 6.08 Å². The lowest BCUT2D eigenvalue weighted by atomic mass is 9.92. The van der Waals surface area contributed by atoms with Crippen molar-refractivity contribution in [1.82, 2.24) is 10.6 Å². The summed E-state index contributed by atoms with van der Waals surface area (Å²) in [4.78, 5) is 23.2. The first-order valence-corrected chi connectivity index (χ1v) is 5.62. The van der Waals surface area contributed by atoms with Crippen molar-refractivity contribution < 1.29 is 9.59 Å². The van der Waals surface area contributed by atoms with E-state index in [-0.39, 0.29) is 11.8 Å². The van der Waals surface area contributed by atoms with Crippen LogP contribution in [0.5, 0.6) is 0 Å². The Bertz CT molecular complexity index is 559. The fourth-order valence-corrected chi connectivity index (χ4v) is 2.09. The van der Waals surface area contributed by atoms with Crippen LogP contribution in [-0.4, -0.2) is 18.4 Å². The maximum absolute atomic E-state index is 11.8. The Kier molecular flexibility index (Phi) is 3.04. The fraction of sp³-hybridized carbons (Fsp3) is 0.214. The molecular weight excluding hydrogens is 228 g/mol. The van der Waals surface area contributed by atoms with Gasteiger partial charge in [-0.2, -0.15) is 0 Å². The van der Waals surface area contributed by atoms with Gasteiger partial charge >= 0.3 is 0 Å². The van der Waals surface area contributed by atoms with Gasteiger partial charge in [0.15, 0.2) is 0 Å². The lowest BCUT2D eigenvalue weighted by Crippen LogP contribution is -2.46. The molecule has 0 radical (unpaired) electrons. The van der Waals surface area contributed by atoms with Gasteiger partial charge in [0.25, 0.3) is 11.8 Å². The lowest BCUT2D eigenvalue weighted by molar-refractivity contribution is -0.116. The van der Waals surface area contributed by atoms with Gasteiger partial charge in [0.2, 0.25) is 0 Å². The van der Waals surface area contributed by atoms with Crippen LogP contribution in [0.2, 0.25) is 0 Å². The Morgan fingerprint density at radius 2 is 2.28 bits per heavy atom. The van der Waals surface area contributed by atoms with Gasteiger partial charge in [0.1, 0.15) is 0 Å². The van der Waals surface area contributed by atoms with Crippen LogP contribution in [-0.2, 0) is 10.3 Å². The minimum absolute atomic E-state index is 0.110. The summed E-state index contributed by atoms with van der Waals surface area (Å²) in [7, 11) is 0. The number of rotatable bonds is 3. The molecule has 0 aromatic heterocycles. The topological polar surface area (TPSA) is 58.2 Å². The third-order valence-corrected chi connectivity index (χ3v) is 3.00. The average molecular weight is 242 g/mol. The summed E-state index contributed by atoms with van der Waals surface area (Å²) in [6.45, 7) is 5.54. The van der Waals surface area contributed by atoms with E-state index in [2.05, 4.69) is 22.9 Å². The Labute approximate surface area is 105 Å². The summed E-state index contributed by atoms with van der Waals surface area (Å²) < 4.78 is 0. The van der Waals surface area contributed by atoms with Crippen molar-refractivity contribution >= 4 is 11.8 Å². The molecule has 0 aliphatic carbocycles. The van der Waals surface area contributed by atoms with E-state index in [1.54, 1.807) is 6.07 Å². The van der Waals surface area contributed by atoms with Crippen LogP contribution >= 0.6 is 0 Å². The summed E-state index contributed by atoms with van der Waals surface area (Å²) in [5.74, 6) is -0.383. The normalized spacial score (nSPS) is 20.6. The molecule has 2 N–H and O–H groups in total. The summed E-state index contributed by atoms with van der Waals surface area (Å²) in [6.07, 6.45) is 1.23. The second-order valence-corrected chi connectivity index (χ2v) is 4.40. The Morgan fingerprint density at radius 3 is 3.00 bits per heavy atom. The van der Waals surface area contributed by atoms with Gasteiger partial charge in [0.05, 0.1) is 5.54 Å². The maximum Gasteiger partial charge on any atom is 0.252 e. The molecule has 0 bridgehead atoms. The molecule has 92 valence electrons. The minimum atomic E-state index is -0.571. The maximum atomic E-state index is 11.8. The van der Waals surface area contributed by atoms with E-state index >= 15 is 0 Å². The smallest absolute Gasteiger partial charge is 0.252 e. The van der Waals surface area contributed by atoms with Gasteiger partial charge in [-0.15, -0.1) is 5.73 Å². The zero-order valence-corrected chi connectivity index (χ0v) is 10.1. The first-order chi connectivity index (χ1) is 8.57. The number of nitrogens with one attached hydrogen (secondary N) is 2. The van der Waals surface area contributed by atoms with Gasteiger partial charge < -0.3 is 10.6 Å². The van der Waals surface area contributed by atoms with Crippen molar-refractivity contribution in [1.29, 1.82) is 0 Å². The molecule has 1 aromatic rings. The van der Waals surface area contributed by atoms with Gasteiger partial charge in [-0.25, -0.2) is 0 Å². The number of amides is 2. The number of fused-ring (bicyclic) bond motifs is 1. The minimum Gasteiger partial charge on any atom is -0.349 e. The third-order valence-electron chi connectivity index (χ3n) is 3.00. The van der Waals surface area contributed by atoms with Gasteiger partial charge in [-0.1, -0.05) is 24.8 Å². The van der Waals surface area contributed by atoms with Crippen LogP contribution in [0, 0.1) is 0 Å². The highest BCUT2D eigenvalue weighted by atomic mass is 16.2. The molecule has 18 heavy (non-hydrogen) atoms. The van der Waals surface area contributed by atoms with E-state index in [9.17, 15) is 9.59 Å². The molecule has 1 unspecified atom stereocenters. The zero-order valence-electron chi connectivity index (χ0n) is 10.1. The third kappa shape index (κ3) is 2.06. The molecule has 0 fully saturated rings. The van der Waals surface area contributed by atoms with Crippen LogP contribution in [0.25, 0.3) is 0 Å². The lowest BCUT2D eigenvalue weighted by Gasteiger charge is -2.25. The number of benzene rings is 1. The van der Waals surface area contributed by atoms with Crippen LogP contribution in [0.3, 0.4) is 0 Å². The number of carbonyl (C=O) groups excluding carboxylic acids is 2. The van der Waals surface area contributed by atoms with Gasteiger partial charge in [-0.3, -0.25) is 9.59 Å². The number of hydrogen-bond donors (Lipinski definition) is 2. The van der Waals surface area contributed by atoms with Crippen LogP contribution in [0.1, 0.15) is 22.8 Å². The van der Waals surface area contributed by atoms with E-state index in [4.69, 9.17) is 0 Å². The predicted molar refractivity (Wildman–Crippen MR) is 68.0 cm³/mol. The molecule has 2 amide bonds. The summed E-state index contributed by atoms with van der Waals surface area (Å²) in [5.41, 5.74) is 3.40. The Balaban J connectivity index is 2.21. The van der Waals surface area contributed by atoms with Crippen molar-refractivity contribution in [2.24, 2.45) is 0 Å². The Morgan fingerprint density at radius 1 is 1.56 bits per heavy atom. The second-order valence-electron chi connectivity index (χ2n) is 4.40. The standard InChI is InChI=1S/C14H14N2O2/c1-3-6-12(17)15-9-14(2)11-8-5-4-7-10(11)13(18)16-14/h4-8H,1,9H2,2H3,(H,15,17)(H,16,18). The molecule has 4 nitrogen and oxygen atoms in total. The van der Waals surface area contributed by atoms with Crippen LogP contribution in [0.4, 0.5) is 0 Å². The fourth-order valence-electron chi connectivity index (χ4n) is 2.09. The largest absolute Gasteiger partial charge is 0.349 e. The van der Waals surface area contributed by atoms with E-state index in [1.807, 2.05) is 25.1 Å². The summed E-state index contributed by atoms with van der Waals surface area (Å²) in [5, 5.41) is 5.61. The molecule has 1 aliphatic heterocycles. The van der Waals surface area contributed by atoms with Crippen molar-refractivity contribution in [2.75, 3.05) is 6.54 Å². The summed E-state index contributed by atoms with van der Waals surface area (Å²) in [6, 6.07) is 7.37. The summed E-state index contributed by atoms with van der Waals surface area (Å²) >= 11 is 0. The van der Waals surface area contributed by atoms with E-state index < -0.39 is 5.54 Å². The molecule has 0 saturated carbocycles. The average Bonchev–Trinajstić information content (AvgIpc) is 2.61. The van der Waals surface area contributed by atoms with E-state index in [0.29, 0.717) is 12.1 Å². The Hall–Kier alpha value is -2.32. The van der Waals surface area contributed by atoms with Crippen molar-refractivity contribution in [3.8, 4) is 0 Å². The SMILES string of the molecule is C=C=CC(=O)NCC1(C)NC(=O)c2ccccc21. The first kappa shape index (κ1) is 12.1. The molecule has 4 heteroatoms. The molecule has 1 heterocycles. The van der Waals surface area contributed by atoms with Crippen molar-refractivity contribution in [2.45, 2.75) is 12.5 Å². The van der Waals surface area contributed by atoms with Gasteiger partial charge in [-0.05, 0) is 18.6 Å². The quantitative estimate of drug-likeness (QED) is 0.616. The van der Waals surface area contributed by atoms with Crippen molar-refractivity contribution in [3.63, 3.8) is 0 Å². The predicted octanol–water partition coefficient (Wildman–Crippen LogP) is 1.10. The van der Waals surface area contributed by atoms with Crippen LogP contribution < -0.4 is 10.6 Å². The highest BCUT2D eigenvalue weighted by Gasteiger charge is 2.38. The molecule has 1 atom stereocenters. The molecule has 0 spiro atoms. The second kappa shape index (κ2) is 4.51. The molecule has 0 saturated heterocycles. The highest BCUT2D eigenvalue weighted by Crippen LogP contribution is 2.29. The van der Waals surface area contributed by atoms with Gasteiger partial charge in [0, 0.05) is 18.2 Å². The number of hydrogen-bond acceptors (Lipinski definition) is 2. The van der Waals surface area contributed by atoms with Crippen molar-refractivity contribution in [3.05, 3.63) is 53.8 Å². The number of carbonyl (C=O) groups is 2. The molecule has 1 aromatic carbocycles. The van der Waals surface area contributed by atoms with Crippen LogP contribution in [0.15, 0.2) is 42.7 Å². The zero-order chi connectivity index (χ0) is 13.2. The molecule has 1 aliphatic rings. The molecular formula is C14H14N2O2.